The van der Waals surface area contributed by atoms with E-state index in [-0.39, 0.29) is 63.1 Å². The highest BCUT2D eigenvalue weighted by molar-refractivity contribution is 6.03. The molecule has 11 nitrogen and oxygen atoms in total. The Bertz CT molecular complexity index is 2310. The smallest absolute Gasteiger partial charge is 0.254 e. The highest BCUT2D eigenvalue weighted by Gasteiger charge is 2.65. The van der Waals surface area contributed by atoms with Gasteiger partial charge in [-0.2, -0.15) is 5.26 Å². The summed E-state index contributed by atoms with van der Waals surface area (Å²) in [4.78, 5) is 27.5. The van der Waals surface area contributed by atoms with Crippen LogP contribution in [0.1, 0.15) is 96.2 Å². The van der Waals surface area contributed by atoms with Crippen LogP contribution >= 0.6 is 0 Å². The van der Waals surface area contributed by atoms with Gasteiger partial charge >= 0.3 is 0 Å². The number of aromatic nitrogens is 1. The highest BCUT2D eigenvalue weighted by Crippen LogP contribution is 2.62. The van der Waals surface area contributed by atoms with Crippen molar-refractivity contribution in [3.63, 3.8) is 0 Å². The minimum absolute atomic E-state index is 0.0129. The number of carbonyl (C=O) groups is 1. The molecule has 1 aromatic heterocycles. The summed E-state index contributed by atoms with van der Waals surface area (Å²) < 4.78 is 35.3. The summed E-state index contributed by atoms with van der Waals surface area (Å²) in [5, 5.41) is 34.3. The van der Waals surface area contributed by atoms with Crippen molar-refractivity contribution < 1.29 is 38.4 Å². The number of rotatable bonds is 20. The van der Waals surface area contributed by atoms with Gasteiger partial charge in [0.05, 0.1) is 35.6 Å². The van der Waals surface area contributed by atoms with E-state index in [1.54, 1.807) is 47.4 Å². The van der Waals surface area contributed by atoms with Crippen LogP contribution in [-0.4, -0.2) is 70.0 Å². The topological polar surface area (TPSA) is 147 Å². The molecule has 6 atom stereocenters. The molecule has 6 unspecified atom stereocenters. The van der Waals surface area contributed by atoms with Crippen LogP contribution in [0.3, 0.4) is 0 Å². The van der Waals surface area contributed by atoms with Crippen molar-refractivity contribution in [2.45, 2.75) is 89.7 Å². The van der Waals surface area contributed by atoms with Crippen molar-refractivity contribution >= 4 is 11.6 Å². The fourth-order valence-corrected chi connectivity index (χ4v) is 9.68. The Morgan fingerprint density at radius 1 is 1.05 bits per heavy atom. The molecule has 0 saturated heterocycles. The van der Waals surface area contributed by atoms with Crippen LogP contribution in [-0.2, 0) is 22.7 Å². The molecule has 330 valence electrons. The Morgan fingerprint density at radius 3 is 2.51 bits per heavy atom. The number of carbonyl (C=O) groups excluding carboxylic acids is 1. The third-order valence-electron chi connectivity index (χ3n) is 12.4. The lowest BCUT2D eigenvalue weighted by Crippen LogP contribution is -2.70. The van der Waals surface area contributed by atoms with Crippen molar-refractivity contribution in [3.8, 4) is 17.6 Å². The number of aliphatic hydroxyl groups is 2. The molecule has 0 bridgehead atoms. The van der Waals surface area contributed by atoms with E-state index in [1.165, 1.54) is 12.1 Å². The summed E-state index contributed by atoms with van der Waals surface area (Å²) in [6, 6.07) is 25.6. The lowest BCUT2D eigenvalue weighted by Gasteiger charge is -2.60. The maximum Gasteiger partial charge on any atom is 0.254 e. The molecular formula is C51H57FN4O7. The SMILES string of the molecule is C=CCOC12Oc3ccc(OCc4cccc(C)n4)cc3C3C(CCCCO)C(CCCCO)C=C(C(=NOCC)CC1N(Cc1ccc(F)cc1)C(=O)c1ccc(C#N)cc1)C32. The van der Waals surface area contributed by atoms with Gasteiger partial charge in [0.25, 0.3) is 5.91 Å². The van der Waals surface area contributed by atoms with E-state index >= 15 is 4.79 Å². The maximum absolute atomic E-state index is 15.2. The molecule has 3 aromatic carbocycles. The van der Waals surface area contributed by atoms with E-state index < -0.39 is 23.6 Å². The van der Waals surface area contributed by atoms with E-state index in [9.17, 15) is 19.9 Å². The summed E-state index contributed by atoms with van der Waals surface area (Å²) in [5.41, 5.74) is 5.66. The first-order chi connectivity index (χ1) is 30.7. The molecule has 2 N–H and O–H groups in total. The Balaban J connectivity index is 1.45. The number of oxime groups is 1. The summed E-state index contributed by atoms with van der Waals surface area (Å²) in [5.74, 6) is -1.74. The Kier molecular flexibility index (Phi) is 15.1. The number of nitriles is 1. The van der Waals surface area contributed by atoms with Gasteiger partial charge in [-0.1, -0.05) is 48.3 Å². The first-order valence-corrected chi connectivity index (χ1v) is 22.0. The van der Waals surface area contributed by atoms with Gasteiger partial charge in [-0.25, -0.2) is 4.39 Å². The fourth-order valence-electron chi connectivity index (χ4n) is 9.68. The number of nitrogens with zero attached hydrogens (tertiary/aromatic N) is 4. The van der Waals surface area contributed by atoms with Crippen LogP contribution < -0.4 is 9.47 Å². The lowest BCUT2D eigenvalue weighted by molar-refractivity contribution is -0.255. The number of allylic oxidation sites excluding steroid dienone is 1. The first kappa shape index (κ1) is 45.2. The van der Waals surface area contributed by atoms with Crippen molar-refractivity contribution in [2.24, 2.45) is 22.9 Å². The van der Waals surface area contributed by atoms with Gasteiger partial charge in [0.1, 0.15) is 36.6 Å². The van der Waals surface area contributed by atoms with Gasteiger partial charge in [0, 0.05) is 48.9 Å². The molecule has 2 aliphatic carbocycles. The second-order valence-electron chi connectivity index (χ2n) is 16.5. The number of amides is 1. The second kappa shape index (κ2) is 21.0. The predicted octanol–water partition coefficient (Wildman–Crippen LogP) is 8.98. The zero-order valence-corrected chi connectivity index (χ0v) is 36.1. The summed E-state index contributed by atoms with van der Waals surface area (Å²) in [7, 11) is 0. The van der Waals surface area contributed by atoms with Crippen LogP contribution in [0.15, 0.2) is 114 Å². The van der Waals surface area contributed by atoms with Crippen LogP contribution in [0.4, 0.5) is 4.39 Å². The number of hydrogen-bond donors (Lipinski definition) is 2. The molecule has 12 heteroatoms. The molecule has 0 spiro atoms. The molecule has 1 fully saturated rings. The fraction of sp³-hybridized carbons (Fsp3) is 0.412. The Labute approximate surface area is 369 Å². The van der Waals surface area contributed by atoms with Gasteiger partial charge in [0.2, 0.25) is 5.79 Å². The van der Waals surface area contributed by atoms with E-state index in [1.807, 2.05) is 44.2 Å². The number of hydrogen-bond acceptors (Lipinski definition) is 10. The molecular weight excluding hydrogens is 800 g/mol. The van der Waals surface area contributed by atoms with E-state index in [0.717, 1.165) is 48.2 Å². The van der Waals surface area contributed by atoms with Gasteiger partial charge in [-0.15, -0.1) is 6.58 Å². The van der Waals surface area contributed by atoms with Gasteiger partial charge in [-0.05, 0) is 129 Å². The molecule has 1 amide bonds. The number of aryl methyl sites for hydroxylation is 1. The lowest BCUT2D eigenvalue weighted by atomic mass is 9.55. The van der Waals surface area contributed by atoms with Crippen molar-refractivity contribution in [1.29, 1.82) is 5.26 Å². The zero-order valence-electron chi connectivity index (χ0n) is 36.1. The summed E-state index contributed by atoms with van der Waals surface area (Å²) in [6.07, 6.45) is 8.61. The van der Waals surface area contributed by atoms with Crippen LogP contribution in [0, 0.1) is 41.8 Å². The number of pyridine rings is 1. The third kappa shape index (κ3) is 10.0. The molecule has 63 heavy (non-hydrogen) atoms. The molecule has 0 radical (unpaired) electrons. The minimum Gasteiger partial charge on any atom is -0.487 e. The quantitative estimate of drug-likeness (QED) is 0.0505. The maximum atomic E-state index is 15.2. The number of unbranched alkanes of at least 4 members (excludes halogenated alkanes) is 2. The van der Waals surface area contributed by atoms with Crippen molar-refractivity contribution in [3.05, 3.63) is 149 Å². The number of ether oxygens (including phenoxy) is 3. The average Bonchev–Trinajstić information content (AvgIpc) is 3.30. The Hall–Kier alpha value is -5.87. The summed E-state index contributed by atoms with van der Waals surface area (Å²) in [6.45, 7) is 8.75. The van der Waals surface area contributed by atoms with E-state index in [4.69, 9.17) is 24.2 Å². The van der Waals surface area contributed by atoms with Gasteiger partial charge in [0.15, 0.2) is 0 Å². The summed E-state index contributed by atoms with van der Waals surface area (Å²) >= 11 is 0. The van der Waals surface area contributed by atoms with Crippen molar-refractivity contribution in [2.75, 3.05) is 26.4 Å². The highest BCUT2D eigenvalue weighted by atomic mass is 19.1. The van der Waals surface area contributed by atoms with Gasteiger partial charge < -0.3 is 34.2 Å². The first-order valence-electron chi connectivity index (χ1n) is 22.0. The molecule has 2 heterocycles. The van der Waals surface area contributed by atoms with Crippen LogP contribution in [0.5, 0.6) is 11.5 Å². The standard InChI is InChI=1S/C51H57FN4O7/c1-4-27-61-51-47(56(32-36-17-21-39(52)22-18-36)50(59)37-19-15-35(31-53)16-20-37)30-45(55-62-5-2)43-28-38(12-6-8-25-57)42(14-7-9-26-58)48(49(43)51)44-29-41(23-24-46(44)63-51)60-33-40-13-10-11-34(3)54-40/h4,10-11,13,15-24,28-29,38,42,47-49,57-58H,1,5-9,12,14,25-27,30,32-33H2,2-3H3. The molecule has 1 saturated carbocycles. The molecule has 1 aliphatic heterocycles. The minimum atomic E-state index is -1.51. The number of benzene rings is 3. The zero-order chi connectivity index (χ0) is 44.3. The normalized spacial score (nSPS) is 22.8. The van der Waals surface area contributed by atoms with Gasteiger partial charge in [-0.3, -0.25) is 9.78 Å². The third-order valence-corrected chi connectivity index (χ3v) is 12.4. The van der Waals surface area contributed by atoms with Crippen LogP contribution in [0.2, 0.25) is 0 Å². The number of aliphatic hydroxyl groups excluding tert-OH is 2. The Morgan fingerprint density at radius 2 is 1.81 bits per heavy atom. The van der Waals surface area contributed by atoms with Crippen LogP contribution in [0.25, 0.3) is 0 Å². The average molecular weight is 857 g/mol. The van der Waals surface area contributed by atoms with E-state index in [2.05, 4.69) is 29.8 Å². The second-order valence-corrected chi connectivity index (χ2v) is 16.5. The predicted molar refractivity (Wildman–Crippen MR) is 237 cm³/mol. The monoisotopic (exact) mass is 856 g/mol. The molecule has 7 rings (SSSR count). The largest absolute Gasteiger partial charge is 0.487 e. The molecule has 4 aromatic rings. The number of fused-ring (bicyclic) bond motifs is 2. The van der Waals surface area contributed by atoms with E-state index in [0.29, 0.717) is 53.3 Å². The molecule has 3 aliphatic rings. The number of halogens is 1. The van der Waals surface area contributed by atoms with Crippen molar-refractivity contribution in [1.82, 2.24) is 9.88 Å².